The second kappa shape index (κ2) is 8.07. The Balaban J connectivity index is 1.37. The predicted molar refractivity (Wildman–Crippen MR) is 115 cm³/mol. The number of rotatable bonds is 3. The summed E-state index contributed by atoms with van der Waals surface area (Å²) in [4.78, 5) is 19.3. The largest absolute Gasteiger partial charge is 0.371 e. The zero-order chi connectivity index (χ0) is 19.5. The monoisotopic (exact) mass is 394 g/mol. The van der Waals surface area contributed by atoms with Crippen molar-refractivity contribution in [1.29, 1.82) is 0 Å². The average molecular weight is 395 g/mol. The number of benzene rings is 2. The number of piperidine rings is 1. The van der Waals surface area contributed by atoms with E-state index in [0.717, 1.165) is 42.8 Å². The number of carbonyl (C=O) groups excluding carboxylic acids is 1. The van der Waals surface area contributed by atoms with Gasteiger partial charge in [0.1, 0.15) is 0 Å². The van der Waals surface area contributed by atoms with Gasteiger partial charge < -0.3 is 15.5 Å². The van der Waals surface area contributed by atoms with Gasteiger partial charge in [-0.3, -0.25) is 4.98 Å². The molecular weight excluding hydrogens is 372 g/mol. The lowest BCUT2D eigenvalue weighted by Crippen LogP contribution is -2.46. The Morgan fingerprint density at radius 1 is 1.11 bits per heavy atom. The summed E-state index contributed by atoms with van der Waals surface area (Å²) in [6.07, 6.45) is 1.81. The molecule has 1 aliphatic heterocycles. The molecule has 0 aliphatic carbocycles. The number of para-hydroxylation sites is 1. The van der Waals surface area contributed by atoms with Crippen LogP contribution in [0, 0.1) is 6.92 Å². The number of urea groups is 1. The maximum atomic E-state index is 12.3. The van der Waals surface area contributed by atoms with Crippen LogP contribution in [-0.4, -0.2) is 30.1 Å². The van der Waals surface area contributed by atoms with Crippen LogP contribution < -0.4 is 15.5 Å². The van der Waals surface area contributed by atoms with Crippen molar-refractivity contribution < 1.29 is 4.79 Å². The first kappa shape index (κ1) is 18.6. The summed E-state index contributed by atoms with van der Waals surface area (Å²) in [5.74, 6) is 0. The lowest BCUT2D eigenvalue weighted by atomic mass is 10.0. The number of amides is 2. The Bertz CT molecular complexity index is 981. The third-order valence-electron chi connectivity index (χ3n) is 5.10. The number of carbonyl (C=O) groups is 1. The van der Waals surface area contributed by atoms with Crippen molar-refractivity contribution in [3.63, 3.8) is 0 Å². The maximum absolute atomic E-state index is 12.3. The van der Waals surface area contributed by atoms with Crippen LogP contribution in [-0.2, 0) is 0 Å². The number of hydrogen-bond donors (Lipinski definition) is 2. The van der Waals surface area contributed by atoms with Gasteiger partial charge in [0.25, 0.3) is 0 Å². The second-order valence-electron chi connectivity index (χ2n) is 7.17. The van der Waals surface area contributed by atoms with Gasteiger partial charge in [-0.25, -0.2) is 4.79 Å². The molecule has 144 valence electrons. The molecule has 1 fully saturated rings. The van der Waals surface area contributed by atoms with Crippen LogP contribution >= 0.6 is 11.6 Å². The summed E-state index contributed by atoms with van der Waals surface area (Å²) in [6, 6.07) is 17.5. The van der Waals surface area contributed by atoms with E-state index < -0.39 is 0 Å². The highest BCUT2D eigenvalue weighted by molar-refractivity contribution is 6.30. The second-order valence-corrected chi connectivity index (χ2v) is 7.60. The number of halogens is 1. The van der Waals surface area contributed by atoms with Gasteiger partial charge in [-0.1, -0.05) is 29.8 Å². The smallest absolute Gasteiger partial charge is 0.319 e. The topological polar surface area (TPSA) is 57.3 Å². The molecule has 28 heavy (non-hydrogen) atoms. The van der Waals surface area contributed by atoms with E-state index in [4.69, 9.17) is 11.6 Å². The zero-order valence-electron chi connectivity index (χ0n) is 15.8. The van der Waals surface area contributed by atoms with Crippen LogP contribution in [0.4, 0.5) is 16.2 Å². The Morgan fingerprint density at radius 2 is 1.82 bits per heavy atom. The number of aryl methyl sites for hydroxylation is 1. The van der Waals surface area contributed by atoms with Gasteiger partial charge in [-0.05, 0) is 56.2 Å². The van der Waals surface area contributed by atoms with Crippen molar-refractivity contribution in [1.82, 2.24) is 10.3 Å². The molecule has 5 nitrogen and oxygen atoms in total. The Hall–Kier alpha value is -2.79. The van der Waals surface area contributed by atoms with E-state index in [1.807, 2.05) is 13.0 Å². The number of nitrogens with one attached hydrogen (secondary N) is 2. The standard InChI is InChI=1S/C22H23ClN4O/c1-15-14-21(19-4-2-3-5-20(19)24-15)27-12-10-18(11-13-27)26-22(28)25-17-8-6-16(23)7-9-17/h2-9,14,18H,10-13H2,1H3,(H2,25,26,28). The predicted octanol–water partition coefficient (Wildman–Crippen LogP) is 4.99. The Labute approximate surface area is 169 Å². The third kappa shape index (κ3) is 4.20. The van der Waals surface area contributed by atoms with Crippen molar-refractivity contribution in [3.05, 3.63) is 65.3 Å². The molecule has 6 heteroatoms. The van der Waals surface area contributed by atoms with E-state index in [-0.39, 0.29) is 12.1 Å². The Morgan fingerprint density at radius 3 is 2.57 bits per heavy atom. The molecule has 1 aromatic heterocycles. The van der Waals surface area contributed by atoms with Crippen molar-refractivity contribution in [2.45, 2.75) is 25.8 Å². The van der Waals surface area contributed by atoms with Crippen molar-refractivity contribution in [3.8, 4) is 0 Å². The highest BCUT2D eigenvalue weighted by Gasteiger charge is 2.22. The first-order valence-electron chi connectivity index (χ1n) is 9.53. The fourth-order valence-corrected chi connectivity index (χ4v) is 3.82. The summed E-state index contributed by atoms with van der Waals surface area (Å²) < 4.78 is 0. The van der Waals surface area contributed by atoms with E-state index in [9.17, 15) is 4.79 Å². The van der Waals surface area contributed by atoms with Crippen LogP contribution in [0.3, 0.4) is 0 Å². The van der Waals surface area contributed by atoms with Gasteiger partial charge in [-0.15, -0.1) is 0 Å². The van der Waals surface area contributed by atoms with E-state index in [1.165, 1.54) is 11.1 Å². The minimum Gasteiger partial charge on any atom is -0.371 e. The highest BCUT2D eigenvalue weighted by atomic mass is 35.5. The van der Waals surface area contributed by atoms with E-state index in [0.29, 0.717) is 5.02 Å². The maximum Gasteiger partial charge on any atom is 0.319 e. The quantitative estimate of drug-likeness (QED) is 0.658. The molecule has 2 N–H and O–H groups in total. The van der Waals surface area contributed by atoms with Crippen LogP contribution in [0.25, 0.3) is 10.9 Å². The van der Waals surface area contributed by atoms with Gasteiger partial charge in [-0.2, -0.15) is 0 Å². The van der Waals surface area contributed by atoms with Gasteiger partial charge in [0, 0.05) is 46.6 Å². The highest BCUT2D eigenvalue weighted by Crippen LogP contribution is 2.29. The lowest BCUT2D eigenvalue weighted by Gasteiger charge is -2.34. The lowest BCUT2D eigenvalue weighted by molar-refractivity contribution is 0.246. The molecule has 2 amide bonds. The molecule has 3 aromatic rings. The van der Waals surface area contributed by atoms with Gasteiger partial charge >= 0.3 is 6.03 Å². The first-order chi connectivity index (χ1) is 13.6. The molecule has 2 aromatic carbocycles. The fourth-order valence-electron chi connectivity index (χ4n) is 3.70. The molecule has 0 unspecified atom stereocenters. The Kier molecular flexibility index (Phi) is 5.35. The number of fused-ring (bicyclic) bond motifs is 1. The molecule has 0 bridgehead atoms. The van der Waals surface area contributed by atoms with Gasteiger partial charge in [0.2, 0.25) is 0 Å². The van der Waals surface area contributed by atoms with Gasteiger partial charge in [0.15, 0.2) is 0 Å². The number of aromatic nitrogens is 1. The molecule has 2 heterocycles. The normalized spacial score (nSPS) is 14.9. The zero-order valence-corrected chi connectivity index (χ0v) is 16.5. The van der Waals surface area contributed by atoms with Crippen molar-refractivity contribution in [2.75, 3.05) is 23.3 Å². The van der Waals surface area contributed by atoms with E-state index >= 15 is 0 Å². The fraction of sp³-hybridized carbons (Fsp3) is 0.273. The molecular formula is C22H23ClN4O. The van der Waals surface area contributed by atoms with Crippen LogP contribution in [0.5, 0.6) is 0 Å². The summed E-state index contributed by atoms with van der Waals surface area (Å²) in [5, 5.41) is 7.77. The van der Waals surface area contributed by atoms with Gasteiger partial charge in [0.05, 0.1) is 5.52 Å². The summed E-state index contributed by atoms with van der Waals surface area (Å²) >= 11 is 5.88. The summed E-state index contributed by atoms with van der Waals surface area (Å²) in [5.41, 5.74) is 4.02. The van der Waals surface area contributed by atoms with Crippen LogP contribution in [0.1, 0.15) is 18.5 Å². The summed E-state index contributed by atoms with van der Waals surface area (Å²) in [6.45, 7) is 3.84. The molecule has 0 atom stereocenters. The first-order valence-corrected chi connectivity index (χ1v) is 9.91. The summed E-state index contributed by atoms with van der Waals surface area (Å²) in [7, 11) is 0. The molecule has 0 spiro atoms. The third-order valence-corrected chi connectivity index (χ3v) is 5.35. The number of nitrogens with zero attached hydrogens (tertiary/aromatic N) is 2. The molecule has 0 saturated carbocycles. The molecule has 4 rings (SSSR count). The SMILES string of the molecule is Cc1cc(N2CCC(NC(=O)Nc3ccc(Cl)cc3)CC2)c2ccccc2n1. The van der Waals surface area contributed by atoms with E-state index in [2.05, 4.69) is 44.8 Å². The number of pyridine rings is 1. The average Bonchev–Trinajstić information content (AvgIpc) is 2.70. The van der Waals surface area contributed by atoms with E-state index in [1.54, 1.807) is 24.3 Å². The van der Waals surface area contributed by atoms with Crippen molar-refractivity contribution in [2.24, 2.45) is 0 Å². The van der Waals surface area contributed by atoms with Crippen LogP contribution in [0.15, 0.2) is 54.6 Å². The molecule has 1 saturated heterocycles. The minimum absolute atomic E-state index is 0.165. The number of anilines is 2. The minimum atomic E-state index is -0.175. The van der Waals surface area contributed by atoms with Crippen LogP contribution in [0.2, 0.25) is 5.02 Å². The van der Waals surface area contributed by atoms with Crippen molar-refractivity contribution >= 4 is 39.9 Å². The number of hydrogen-bond acceptors (Lipinski definition) is 3. The molecule has 0 radical (unpaired) electrons. The molecule has 1 aliphatic rings.